The number of hydrogen-bond acceptors (Lipinski definition) is 1. The summed E-state index contributed by atoms with van der Waals surface area (Å²) in [6, 6.07) is 14.3. The van der Waals surface area contributed by atoms with E-state index in [1.807, 2.05) is 12.1 Å². The molecule has 0 radical (unpaired) electrons. The van der Waals surface area contributed by atoms with Gasteiger partial charge in [-0.05, 0) is 53.3 Å². The molecule has 0 N–H and O–H groups in total. The highest BCUT2D eigenvalue weighted by Gasteiger charge is 2.21. The van der Waals surface area contributed by atoms with Crippen molar-refractivity contribution in [3.05, 3.63) is 65.7 Å². The number of methoxy groups -OCH3 is 1. The van der Waals surface area contributed by atoms with E-state index in [1.54, 1.807) is 12.1 Å². The van der Waals surface area contributed by atoms with Gasteiger partial charge in [-0.3, -0.25) is 0 Å². The lowest BCUT2D eigenvalue weighted by atomic mass is 9.77. The summed E-state index contributed by atoms with van der Waals surface area (Å²) in [5.41, 5.74) is 2.20. The minimum Gasteiger partial charge on any atom is -0.494 e. The lowest BCUT2D eigenvalue weighted by Gasteiger charge is -2.28. The smallest absolute Gasteiger partial charge is 0.165 e. The molecule has 3 aromatic carbocycles. The molecule has 0 heterocycles. The predicted octanol–water partition coefficient (Wildman–Crippen LogP) is 9.50. The molecule has 1 saturated carbocycles. The first-order valence-electron chi connectivity index (χ1n) is 13.1. The van der Waals surface area contributed by atoms with Crippen molar-refractivity contribution in [3.8, 4) is 16.9 Å². The number of halogens is 2. The third-order valence-corrected chi connectivity index (χ3v) is 7.75. The van der Waals surface area contributed by atoms with Crippen molar-refractivity contribution >= 4 is 10.8 Å². The van der Waals surface area contributed by atoms with Crippen LogP contribution in [0.1, 0.15) is 76.7 Å². The second-order valence-electron chi connectivity index (χ2n) is 10.1. The maximum atomic E-state index is 15.3. The lowest BCUT2D eigenvalue weighted by Crippen LogP contribution is -2.15. The van der Waals surface area contributed by atoms with Crippen molar-refractivity contribution in [2.24, 2.45) is 11.8 Å². The van der Waals surface area contributed by atoms with Gasteiger partial charge in [0.1, 0.15) is 5.82 Å². The fourth-order valence-electron chi connectivity index (χ4n) is 5.59. The van der Waals surface area contributed by atoms with Crippen LogP contribution in [0.25, 0.3) is 21.9 Å². The Hall–Kier alpha value is -2.42. The maximum Gasteiger partial charge on any atom is 0.165 e. The number of benzene rings is 3. The van der Waals surface area contributed by atoms with Crippen LogP contribution in [0.5, 0.6) is 5.75 Å². The molecule has 0 amide bonds. The van der Waals surface area contributed by atoms with Crippen molar-refractivity contribution < 1.29 is 13.5 Å². The van der Waals surface area contributed by atoms with Gasteiger partial charge in [-0.15, -0.1) is 0 Å². The largest absolute Gasteiger partial charge is 0.494 e. The van der Waals surface area contributed by atoms with Crippen LogP contribution in [0, 0.1) is 23.5 Å². The van der Waals surface area contributed by atoms with E-state index in [-0.39, 0.29) is 11.6 Å². The van der Waals surface area contributed by atoms with Crippen LogP contribution in [0.15, 0.2) is 48.5 Å². The van der Waals surface area contributed by atoms with Crippen LogP contribution in [-0.4, -0.2) is 7.11 Å². The number of rotatable bonds is 10. The Bertz CT molecular complexity index is 1080. The van der Waals surface area contributed by atoms with Crippen LogP contribution >= 0.6 is 0 Å². The topological polar surface area (TPSA) is 9.23 Å². The molecule has 4 rings (SSSR count). The highest BCUT2D eigenvalue weighted by Crippen LogP contribution is 2.35. The number of unbranched alkanes of at least 4 members (excludes halogenated alkanes) is 3. The van der Waals surface area contributed by atoms with Gasteiger partial charge in [0.15, 0.2) is 11.6 Å². The highest BCUT2D eigenvalue weighted by atomic mass is 19.1. The quantitative estimate of drug-likeness (QED) is 0.271. The second kappa shape index (κ2) is 11.8. The summed E-state index contributed by atoms with van der Waals surface area (Å²) >= 11 is 0. The summed E-state index contributed by atoms with van der Waals surface area (Å²) in [7, 11) is 1.42. The molecule has 182 valence electrons. The van der Waals surface area contributed by atoms with Crippen molar-refractivity contribution in [2.75, 3.05) is 7.11 Å². The van der Waals surface area contributed by atoms with Crippen LogP contribution in [0.3, 0.4) is 0 Å². The van der Waals surface area contributed by atoms with Crippen molar-refractivity contribution in [1.82, 2.24) is 0 Å². The Kier molecular flexibility index (Phi) is 8.59. The Labute approximate surface area is 203 Å². The zero-order valence-corrected chi connectivity index (χ0v) is 20.7. The van der Waals surface area contributed by atoms with Gasteiger partial charge in [-0.1, -0.05) is 101 Å². The Morgan fingerprint density at radius 2 is 1.59 bits per heavy atom. The van der Waals surface area contributed by atoms with E-state index >= 15 is 4.39 Å². The molecule has 0 unspecified atom stereocenters. The summed E-state index contributed by atoms with van der Waals surface area (Å²) in [6.07, 6.45) is 14.7. The van der Waals surface area contributed by atoms with E-state index in [9.17, 15) is 4.39 Å². The van der Waals surface area contributed by atoms with Gasteiger partial charge in [0.2, 0.25) is 0 Å². The van der Waals surface area contributed by atoms with Gasteiger partial charge in [0.05, 0.1) is 7.11 Å². The molecule has 0 atom stereocenters. The fraction of sp³-hybridized carbons (Fsp3) is 0.484. The van der Waals surface area contributed by atoms with E-state index in [2.05, 4.69) is 19.1 Å². The highest BCUT2D eigenvalue weighted by molar-refractivity contribution is 5.88. The molecule has 0 spiro atoms. The molecule has 1 fully saturated rings. The first-order valence-corrected chi connectivity index (χ1v) is 13.1. The number of fused-ring (bicyclic) bond motifs is 1. The number of hydrogen-bond donors (Lipinski definition) is 0. The normalized spacial score (nSPS) is 18.4. The molecule has 3 aromatic rings. The first kappa shape index (κ1) is 24.7. The van der Waals surface area contributed by atoms with E-state index < -0.39 is 5.82 Å². The summed E-state index contributed by atoms with van der Waals surface area (Å²) in [5.74, 6) is 1.15. The van der Waals surface area contributed by atoms with Gasteiger partial charge >= 0.3 is 0 Å². The van der Waals surface area contributed by atoms with Crippen molar-refractivity contribution in [1.29, 1.82) is 0 Å². The molecule has 1 aliphatic rings. The van der Waals surface area contributed by atoms with Crippen molar-refractivity contribution in [2.45, 2.75) is 77.6 Å². The third-order valence-electron chi connectivity index (χ3n) is 7.75. The summed E-state index contributed by atoms with van der Waals surface area (Å²) < 4.78 is 34.4. The number of aryl methyl sites for hydroxylation is 1. The molecule has 0 aliphatic heterocycles. The average molecular weight is 465 g/mol. The molecule has 34 heavy (non-hydrogen) atoms. The van der Waals surface area contributed by atoms with Gasteiger partial charge in [0.25, 0.3) is 0 Å². The monoisotopic (exact) mass is 464 g/mol. The molecular weight excluding hydrogens is 426 g/mol. The Morgan fingerprint density at radius 1 is 0.824 bits per heavy atom. The molecule has 0 bridgehead atoms. The van der Waals surface area contributed by atoms with Gasteiger partial charge in [-0.2, -0.15) is 0 Å². The fourth-order valence-corrected chi connectivity index (χ4v) is 5.59. The maximum absolute atomic E-state index is 15.3. The number of ether oxygens (including phenoxy) is 1. The van der Waals surface area contributed by atoms with E-state index in [4.69, 9.17) is 4.74 Å². The molecule has 0 saturated heterocycles. The predicted molar refractivity (Wildman–Crippen MR) is 138 cm³/mol. The first-order chi connectivity index (χ1) is 16.6. The van der Waals surface area contributed by atoms with Crippen LogP contribution < -0.4 is 4.74 Å². The Balaban J connectivity index is 1.35. The zero-order chi connectivity index (χ0) is 23.9. The van der Waals surface area contributed by atoms with Crippen molar-refractivity contribution in [3.63, 3.8) is 0 Å². The van der Waals surface area contributed by atoms with E-state index in [0.717, 1.165) is 23.6 Å². The molecule has 3 heteroatoms. The average Bonchev–Trinajstić information content (AvgIpc) is 2.86. The zero-order valence-electron chi connectivity index (χ0n) is 20.7. The minimum atomic E-state index is -0.486. The summed E-state index contributed by atoms with van der Waals surface area (Å²) in [6.45, 7) is 2.28. The summed E-state index contributed by atoms with van der Waals surface area (Å²) in [4.78, 5) is 0. The summed E-state index contributed by atoms with van der Waals surface area (Å²) in [5, 5.41) is 1.49. The third kappa shape index (κ3) is 5.98. The minimum absolute atomic E-state index is 0.162. The SMILES string of the molecule is CCCCCCC1CCC(CCc2ccc3c(F)c(-c4ccc(OC)c(F)c4)ccc3c2)CC1. The van der Waals surface area contributed by atoms with E-state index in [1.165, 1.54) is 89.0 Å². The van der Waals surface area contributed by atoms with Crippen LogP contribution in [0.4, 0.5) is 8.78 Å². The molecular formula is C31H38F2O. The van der Waals surface area contributed by atoms with Crippen LogP contribution in [-0.2, 0) is 6.42 Å². The van der Waals surface area contributed by atoms with E-state index in [0.29, 0.717) is 16.5 Å². The molecule has 1 aliphatic carbocycles. The lowest BCUT2D eigenvalue weighted by molar-refractivity contribution is 0.249. The second-order valence-corrected chi connectivity index (χ2v) is 10.1. The van der Waals surface area contributed by atoms with Gasteiger partial charge < -0.3 is 4.74 Å². The standard InChI is InChI=1S/C31H38F2O/c1-3-4-5-6-7-22-8-10-23(11-9-22)12-13-24-14-17-27-25(20-24)15-18-28(31(27)33)26-16-19-30(34-2)29(32)21-26/h14-23H,3-13H2,1-2H3. The van der Waals surface area contributed by atoms with Gasteiger partial charge in [0, 0.05) is 10.9 Å². The van der Waals surface area contributed by atoms with Crippen LogP contribution in [0.2, 0.25) is 0 Å². The molecule has 1 nitrogen and oxygen atoms in total. The molecule has 0 aromatic heterocycles. The Morgan fingerprint density at radius 3 is 2.29 bits per heavy atom. The van der Waals surface area contributed by atoms with Gasteiger partial charge in [-0.25, -0.2) is 8.78 Å².